The normalized spacial score (nSPS) is 46.0. The van der Waals surface area contributed by atoms with Crippen LogP contribution >= 0.6 is 22.6 Å². The Morgan fingerprint density at radius 1 is 0.952 bits per heavy atom. The molecular weight excluding hydrogens is 635 g/mol. The summed E-state index contributed by atoms with van der Waals surface area (Å²) in [7, 11) is 0. The SMILES string of the molecule is CC1(C)[C@@H](OCc2ccccc2I)CC[C@]2(C)[C@H]3C(=O)C=C4[C@@H]5C[C@@](C)(C(=O)O)CC[C@]5(C)CC[C@@]4(C)[C@]3(C)CC[C@@H]12. The number of aliphatic carboxylic acids is 1. The molecule has 6 rings (SSSR count). The van der Waals surface area contributed by atoms with Gasteiger partial charge in [-0.3, -0.25) is 9.59 Å². The molecule has 5 aliphatic carbocycles. The van der Waals surface area contributed by atoms with Gasteiger partial charge in [-0.25, -0.2) is 0 Å². The summed E-state index contributed by atoms with van der Waals surface area (Å²) in [5.74, 6) is 0.210. The molecule has 0 aliphatic heterocycles. The standard InChI is InChI=1S/C37H51IO4/c1-32(2)28-12-15-37(7)30(35(28,5)14-13-29(32)42-22-23-10-8-9-11-26(23)38)27(39)20-24-25-21-34(4,31(40)41)17-16-33(25,3)18-19-36(24,37)6/h8-11,20,25,28-30H,12-19,21-22H2,1-7H3,(H,40,41)/t25-,28-,29-,30+,33+,34-,35-,36+,37+/m0/s1. The molecule has 4 nitrogen and oxygen atoms in total. The summed E-state index contributed by atoms with van der Waals surface area (Å²) in [5.41, 5.74) is 1.59. The zero-order valence-corrected chi connectivity index (χ0v) is 29.0. The lowest BCUT2D eigenvalue weighted by Gasteiger charge is -2.70. The second-order valence-electron chi connectivity index (χ2n) is 16.8. The highest BCUT2D eigenvalue weighted by Gasteiger charge is 2.70. The average molecular weight is 687 g/mol. The van der Waals surface area contributed by atoms with Gasteiger partial charge in [0.15, 0.2) is 5.78 Å². The fourth-order valence-corrected chi connectivity index (χ4v) is 12.0. The van der Waals surface area contributed by atoms with Crippen molar-refractivity contribution in [2.45, 2.75) is 119 Å². The van der Waals surface area contributed by atoms with Gasteiger partial charge in [-0.1, -0.05) is 65.3 Å². The lowest BCUT2D eigenvalue weighted by Crippen LogP contribution is -2.66. The first-order valence-corrected chi connectivity index (χ1v) is 17.4. The van der Waals surface area contributed by atoms with E-state index in [2.05, 4.69) is 94.5 Å². The number of fused-ring (bicyclic) bond motifs is 7. The molecule has 1 aromatic rings. The van der Waals surface area contributed by atoms with E-state index in [0.717, 1.165) is 51.4 Å². The molecule has 0 amide bonds. The highest BCUT2D eigenvalue weighted by Crippen LogP contribution is 2.75. The van der Waals surface area contributed by atoms with E-state index in [1.54, 1.807) is 0 Å². The van der Waals surface area contributed by atoms with Crippen molar-refractivity contribution < 1.29 is 19.4 Å². The van der Waals surface area contributed by atoms with Gasteiger partial charge in [0.25, 0.3) is 0 Å². The molecular formula is C37H51IO4. The fourth-order valence-electron chi connectivity index (χ4n) is 11.5. The molecule has 5 heteroatoms. The third-order valence-corrected chi connectivity index (χ3v) is 15.5. The summed E-state index contributed by atoms with van der Waals surface area (Å²) >= 11 is 2.40. The minimum atomic E-state index is -0.714. The number of carboxylic acid groups (broad SMARTS) is 1. The van der Waals surface area contributed by atoms with Crippen molar-refractivity contribution in [3.63, 3.8) is 0 Å². The summed E-state index contributed by atoms with van der Waals surface area (Å²) in [6.45, 7) is 17.1. The molecule has 0 aromatic heterocycles. The highest BCUT2D eigenvalue weighted by atomic mass is 127. The Hall–Kier alpha value is -1.21. The van der Waals surface area contributed by atoms with Gasteiger partial charge in [0.05, 0.1) is 18.1 Å². The summed E-state index contributed by atoms with van der Waals surface area (Å²) < 4.78 is 7.96. The molecule has 0 saturated heterocycles. The van der Waals surface area contributed by atoms with Crippen LogP contribution in [0.2, 0.25) is 0 Å². The van der Waals surface area contributed by atoms with Gasteiger partial charge >= 0.3 is 5.97 Å². The van der Waals surface area contributed by atoms with Crippen LogP contribution in [0.4, 0.5) is 0 Å². The van der Waals surface area contributed by atoms with Crippen LogP contribution in [0, 0.1) is 53.8 Å². The Morgan fingerprint density at radius 3 is 2.33 bits per heavy atom. The van der Waals surface area contributed by atoms with Crippen molar-refractivity contribution in [3.8, 4) is 0 Å². The molecule has 0 spiro atoms. The van der Waals surface area contributed by atoms with Gasteiger partial charge in [0.1, 0.15) is 0 Å². The van der Waals surface area contributed by atoms with Crippen molar-refractivity contribution >= 4 is 34.3 Å². The van der Waals surface area contributed by atoms with Crippen molar-refractivity contribution in [2.24, 2.45) is 50.2 Å². The van der Waals surface area contributed by atoms with Crippen LogP contribution in [0.3, 0.4) is 0 Å². The zero-order valence-electron chi connectivity index (χ0n) is 26.8. The molecule has 0 unspecified atom stereocenters. The number of carbonyl (C=O) groups excluding carboxylic acids is 1. The van der Waals surface area contributed by atoms with E-state index in [0.29, 0.717) is 24.7 Å². The number of benzene rings is 1. The molecule has 1 N–H and O–H groups in total. The smallest absolute Gasteiger partial charge is 0.309 e. The van der Waals surface area contributed by atoms with Crippen LogP contribution in [0.15, 0.2) is 35.9 Å². The van der Waals surface area contributed by atoms with Crippen LogP contribution in [-0.4, -0.2) is 23.0 Å². The third kappa shape index (κ3) is 4.20. The van der Waals surface area contributed by atoms with Crippen molar-refractivity contribution in [1.29, 1.82) is 0 Å². The molecule has 0 heterocycles. The number of carboxylic acids is 1. The number of halogens is 1. The van der Waals surface area contributed by atoms with Crippen LogP contribution in [0.1, 0.15) is 112 Å². The first kappa shape index (κ1) is 30.8. The second-order valence-corrected chi connectivity index (χ2v) is 18.0. The van der Waals surface area contributed by atoms with Crippen molar-refractivity contribution in [2.75, 3.05) is 0 Å². The van der Waals surface area contributed by atoms with E-state index in [-0.39, 0.29) is 45.0 Å². The van der Waals surface area contributed by atoms with E-state index in [1.165, 1.54) is 14.7 Å². The molecule has 230 valence electrons. The molecule has 1 aromatic carbocycles. The highest BCUT2D eigenvalue weighted by molar-refractivity contribution is 14.1. The third-order valence-electron chi connectivity index (χ3n) is 14.4. The number of ketones is 1. The first-order chi connectivity index (χ1) is 19.5. The van der Waals surface area contributed by atoms with Gasteiger partial charge in [-0.15, -0.1) is 0 Å². The van der Waals surface area contributed by atoms with Crippen molar-refractivity contribution in [1.82, 2.24) is 0 Å². The Labute approximate surface area is 267 Å². The lowest BCUT2D eigenvalue weighted by atomic mass is 9.33. The van der Waals surface area contributed by atoms with E-state index in [4.69, 9.17) is 4.74 Å². The molecule has 42 heavy (non-hydrogen) atoms. The van der Waals surface area contributed by atoms with Crippen LogP contribution in [0.5, 0.6) is 0 Å². The maximum atomic E-state index is 14.6. The Bertz CT molecular complexity index is 1330. The number of ether oxygens (including phenoxy) is 1. The lowest BCUT2D eigenvalue weighted by molar-refractivity contribution is -0.211. The summed E-state index contributed by atoms with van der Waals surface area (Å²) in [6.07, 6.45) is 10.9. The van der Waals surface area contributed by atoms with Gasteiger partial charge in [0, 0.05) is 9.49 Å². The summed E-state index contributed by atoms with van der Waals surface area (Å²) in [5, 5.41) is 10.2. The maximum absolute atomic E-state index is 14.6. The van der Waals surface area contributed by atoms with Gasteiger partial charge in [-0.05, 0) is 144 Å². The second kappa shape index (κ2) is 9.89. The minimum absolute atomic E-state index is 0.00778. The van der Waals surface area contributed by atoms with E-state index < -0.39 is 11.4 Å². The first-order valence-electron chi connectivity index (χ1n) is 16.4. The molecule has 4 fully saturated rings. The Morgan fingerprint density at radius 2 is 1.64 bits per heavy atom. The predicted molar refractivity (Wildman–Crippen MR) is 175 cm³/mol. The fraction of sp³-hybridized carbons (Fsp3) is 0.730. The minimum Gasteiger partial charge on any atom is -0.481 e. The number of rotatable bonds is 4. The van der Waals surface area contributed by atoms with Gasteiger partial charge in [0.2, 0.25) is 0 Å². The number of allylic oxidation sites excluding steroid dienone is 2. The molecule has 9 atom stereocenters. The van der Waals surface area contributed by atoms with Crippen LogP contribution in [0.25, 0.3) is 0 Å². The van der Waals surface area contributed by atoms with E-state index >= 15 is 0 Å². The monoisotopic (exact) mass is 686 g/mol. The predicted octanol–water partition coefficient (Wildman–Crippen LogP) is 9.24. The maximum Gasteiger partial charge on any atom is 0.309 e. The van der Waals surface area contributed by atoms with Crippen LogP contribution in [-0.2, 0) is 20.9 Å². The van der Waals surface area contributed by atoms with Gasteiger partial charge in [-0.2, -0.15) is 0 Å². The van der Waals surface area contributed by atoms with E-state index in [9.17, 15) is 14.7 Å². The molecule has 4 saturated carbocycles. The van der Waals surface area contributed by atoms with Gasteiger partial charge < -0.3 is 9.84 Å². The summed E-state index contributed by atoms with van der Waals surface area (Å²) in [6, 6.07) is 8.48. The average Bonchev–Trinajstić information content (AvgIpc) is 2.91. The molecule has 0 bridgehead atoms. The quantitative estimate of drug-likeness (QED) is 0.321. The summed E-state index contributed by atoms with van der Waals surface area (Å²) in [4.78, 5) is 27.0. The van der Waals surface area contributed by atoms with Crippen LogP contribution < -0.4 is 0 Å². The Balaban J connectivity index is 1.33. The zero-order chi connectivity index (χ0) is 30.5. The number of hydrogen-bond acceptors (Lipinski definition) is 3. The van der Waals surface area contributed by atoms with E-state index in [1.807, 2.05) is 6.92 Å². The topological polar surface area (TPSA) is 63.6 Å². The Kier molecular flexibility index (Phi) is 7.26. The number of carbonyl (C=O) groups is 2. The largest absolute Gasteiger partial charge is 0.481 e. The number of hydrogen-bond donors (Lipinski definition) is 1. The molecule has 0 radical (unpaired) electrons. The van der Waals surface area contributed by atoms with Crippen molar-refractivity contribution in [3.05, 3.63) is 45.0 Å². The molecule has 5 aliphatic rings.